The Kier molecular flexibility index (Phi) is 5.15. The van der Waals surface area contributed by atoms with Crippen LogP contribution in [0.15, 0.2) is 12.5 Å². The van der Waals surface area contributed by atoms with E-state index in [0.29, 0.717) is 18.3 Å². The van der Waals surface area contributed by atoms with Crippen LogP contribution in [-0.4, -0.2) is 64.2 Å². The van der Waals surface area contributed by atoms with E-state index in [4.69, 9.17) is 5.11 Å². The number of rotatable bonds is 8. The van der Waals surface area contributed by atoms with Gasteiger partial charge in [0.15, 0.2) is 0 Å². The van der Waals surface area contributed by atoms with Crippen molar-refractivity contribution in [1.29, 1.82) is 0 Å². The Bertz CT molecular complexity index is 472. The quantitative estimate of drug-likeness (QED) is 0.531. The van der Waals surface area contributed by atoms with Gasteiger partial charge in [0.05, 0.1) is 6.33 Å². The van der Waals surface area contributed by atoms with Gasteiger partial charge in [-0.25, -0.2) is 14.6 Å². The molecule has 21 heavy (non-hydrogen) atoms. The van der Waals surface area contributed by atoms with E-state index < -0.39 is 18.0 Å². The molecule has 1 unspecified atom stereocenters. The van der Waals surface area contributed by atoms with Gasteiger partial charge in [0, 0.05) is 37.4 Å². The lowest BCUT2D eigenvalue weighted by atomic mass is 10.2. The van der Waals surface area contributed by atoms with Gasteiger partial charge in [0.25, 0.3) is 0 Å². The fourth-order valence-electron chi connectivity index (χ4n) is 2.07. The molecule has 1 atom stereocenters. The minimum Gasteiger partial charge on any atom is -0.480 e. The third kappa shape index (κ3) is 5.07. The van der Waals surface area contributed by atoms with Gasteiger partial charge in [-0.2, -0.15) is 0 Å². The third-order valence-corrected chi connectivity index (χ3v) is 3.50. The van der Waals surface area contributed by atoms with Gasteiger partial charge in [-0.3, -0.25) is 0 Å². The number of urea groups is 1. The first-order chi connectivity index (χ1) is 10.1. The predicted molar refractivity (Wildman–Crippen MR) is 75.9 cm³/mol. The highest BCUT2D eigenvalue weighted by Crippen LogP contribution is 2.24. The Morgan fingerprint density at radius 2 is 2.33 bits per heavy atom. The Morgan fingerprint density at radius 1 is 1.57 bits per heavy atom. The van der Waals surface area contributed by atoms with Crippen molar-refractivity contribution >= 4 is 12.0 Å². The summed E-state index contributed by atoms with van der Waals surface area (Å²) in [4.78, 5) is 31.7. The zero-order valence-electron chi connectivity index (χ0n) is 12.0. The van der Waals surface area contributed by atoms with Crippen LogP contribution >= 0.6 is 0 Å². The summed E-state index contributed by atoms with van der Waals surface area (Å²) in [7, 11) is 2.02. The molecule has 0 aromatic carbocycles. The average molecular weight is 295 g/mol. The molecule has 2 rings (SSSR count). The molecule has 8 nitrogen and oxygen atoms in total. The fraction of sp³-hybridized carbons (Fsp3) is 0.615. The fourth-order valence-corrected chi connectivity index (χ4v) is 2.07. The summed E-state index contributed by atoms with van der Waals surface area (Å²) in [5.74, 6) is -1.07. The lowest BCUT2D eigenvalue weighted by Crippen LogP contribution is -2.48. The van der Waals surface area contributed by atoms with Crippen LogP contribution in [0.25, 0.3) is 0 Å². The average Bonchev–Trinajstić information content (AvgIpc) is 3.16. The number of amides is 2. The number of aliphatic carboxylic acids is 1. The maximum atomic E-state index is 11.7. The van der Waals surface area contributed by atoms with Gasteiger partial charge in [-0.15, -0.1) is 0 Å². The molecule has 1 aromatic heterocycles. The van der Waals surface area contributed by atoms with Gasteiger partial charge in [0.1, 0.15) is 6.04 Å². The highest BCUT2D eigenvalue weighted by molar-refractivity contribution is 5.82. The molecule has 1 fully saturated rings. The van der Waals surface area contributed by atoms with Crippen molar-refractivity contribution in [3.05, 3.63) is 18.2 Å². The van der Waals surface area contributed by atoms with Crippen molar-refractivity contribution in [1.82, 2.24) is 25.5 Å². The monoisotopic (exact) mass is 295 g/mol. The van der Waals surface area contributed by atoms with E-state index in [1.165, 1.54) is 19.2 Å². The summed E-state index contributed by atoms with van der Waals surface area (Å²) in [6.07, 6.45) is 5.62. The Labute approximate surface area is 122 Å². The number of nitrogens with one attached hydrogen (secondary N) is 3. The van der Waals surface area contributed by atoms with E-state index in [0.717, 1.165) is 6.54 Å². The number of carbonyl (C=O) groups excluding carboxylic acids is 1. The smallest absolute Gasteiger partial charge is 0.326 e. The molecule has 116 valence electrons. The standard InChI is InChI=1S/C13H21N5O3/c1-18(10-2-3-10)5-4-15-13(21)17-11(12(19)20)6-9-7-14-8-16-9/h7-8,10-11H,2-6H2,1H3,(H,14,16)(H,19,20)(H2,15,17,21). The van der Waals surface area contributed by atoms with E-state index in [2.05, 4.69) is 25.5 Å². The van der Waals surface area contributed by atoms with E-state index in [1.807, 2.05) is 7.05 Å². The van der Waals surface area contributed by atoms with E-state index in [-0.39, 0.29) is 6.42 Å². The SMILES string of the molecule is CN(CCNC(=O)NC(Cc1cnc[nH]1)C(=O)O)C1CC1. The lowest BCUT2D eigenvalue weighted by Gasteiger charge is -2.17. The molecule has 0 bridgehead atoms. The Balaban J connectivity index is 1.71. The van der Waals surface area contributed by atoms with Gasteiger partial charge in [-0.1, -0.05) is 0 Å². The maximum Gasteiger partial charge on any atom is 0.326 e. The Morgan fingerprint density at radius 3 is 2.90 bits per heavy atom. The molecule has 1 aliphatic rings. The number of carboxylic acids is 1. The van der Waals surface area contributed by atoms with Crippen molar-refractivity contribution in [3.63, 3.8) is 0 Å². The van der Waals surface area contributed by atoms with Crippen LogP contribution in [0.2, 0.25) is 0 Å². The summed E-state index contributed by atoms with van der Waals surface area (Å²) in [6, 6.07) is -0.806. The number of hydrogen-bond acceptors (Lipinski definition) is 4. The zero-order valence-corrected chi connectivity index (χ0v) is 12.0. The lowest BCUT2D eigenvalue weighted by molar-refractivity contribution is -0.139. The van der Waals surface area contributed by atoms with Crippen molar-refractivity contribution in [3.8, 4) is 0 Å². The van der Waals surface area contributed by atoms with Crippen molar-refractivity contribution in [2.24, 2.45) is 0 Å². The topological polar surface area (TPSA) is 110 Å². The second-order valence-electron chi connectivity index (χ2n) is 5.28. The number of aromatic amines is 1. The first-order valence-electron chi connectivity index (χ1n) is 7.01. The molecule has 1 aromatic rings. The number of H-pyrrole nitrogens is 1. The van der Waals surface area contributed by atoms with Crippen LogP contribution in [0.5, 0.6) is 0 Å². The number of carbonyl (C=O) groups is 2. The molecule has 1 aliphatic carbocycles. The van der Waals surface area contributed by atoms with Crippen LogP contribution in [0.3, 0.4) is 0 Å². The first kappa shape index (κ1) is 15.3. The molecular weight excluding hydrogens is 274 g/mol. The van der Waals surface area contributed by atoms with Crippen LogP contribution < -0.4 is 10.6 Å². The van der Waals surface area contributed by atoms with Gasteiger partial charge in [0.2, 0.25) is 0 Å². The molecule has 2 amide bonds. The molecule has 0 spiro atoms. The summed E-state index contributed by atoms with van der Waals surface area (Å²) in [5, 5.41) is 14.3. The van der Waals surface area contributed by atoms with Gasteiger partial charge < -0.3 is 25.6 Å². The highest BCUT2D eigenvalue weighted by Gasteiger charge is 2.25. The predicted octanol–water partition coefficient (Wildman–Crippen LogP) is -0.201. The summed E-state index contributed by atoms with van der Waals surface area (Å²) >= 11 is 0. The number of imidazole rings is 1. The summed E-state index contributed by atoms with van der Waals surface area (Å²) < 4.78 is 0. The second kappa shape index (κ2) is 7.07. The van der Waals surface area contributed by atoms with E-state index >= 15 is 0 Å². The van der Waals surface area contributed by atoms with Crippen LogP contribution in [0, 0.1) is 0 Å². The van der Waals surface area contributed by atoms with Crippen molar-refractivity contribution in [2.75, 3.05) is 20.1 Å². The van der Waals surface area contributed by atoms with Gasteiger partial charge >= 0.3 is 12.0 Å². The summed E-state index contributed by atoms with van der Waals surface area (Å²) in [5.41, 5.74) is 0.663. The number of carboxylic acid groups (broad SMARTS) is 1. The molecule has 4 N–H and O–H groups in total. The molecule has 0 radical (unpaired) electrons. The molecular formula is C13H21N5O3. The van der Waals surface area contributed by atoms with E-state index in [9.17, 15) is 9.59 Å². The first-order valence-corrected chi connectivity index (χ1v) is 7.01. The normalized spacial score (nSPS) is 15.7. The minimum atomic E-state index is -1.07. The molecule has 0 aliphatic heterocycles. The number of hydrogen-bond donors (Lipinski definition) is 4. The molecule has 1 heterocycles. The van der Waals surface area contributed by atoms with Crippen molar-refractivity contribution in [2.45, 2.75) is 31.3 Å². The number of aromatic nitrogens is 2. The van der Waals surface area contributed by atoms with Crippen molar-refractivity contribution < 1.29 is 14.7 Å². The Hall–Kier alpha value is -2.09. The van der Waals surface area contributed by atoms with E-state index in [1.54, 1.807) is 6.20 Å². The highest BCUT2D eigenvalue weighted by atomic mass is 16.4. The second-order valence-corrected chi connectivity index (χ2v) is 5.28. The minimum absolute atomic E-state index is 0.171. The molecule has 1 saturated carbocycles. The van der Waals surface area contributed by atoms with Crippen LogP contribution in [0.1, 0.15) is 18.5 Å². The van der Waals surface area contributed by atoms with Gasteiger partial charge in [-0.05, 0) is 19.9 Å². The largest absolute Gasteiger partial charge is 0.480 e. The zero-order chi connectivity index (χ0) is 15.2. The number of likely N-dealkylation sites (N-methyl/N-ethyl adjacent to an activating group) is 1. The molecule has 8 heteroatoms. The number of nitrogens with zero attached hydrogens (tertiary/aromatic N) is 2. The maximum absolute atomic E-state index is 11.7. The van der Waals surface area contributed by atoms with Crippen LogP contribution in [0.4, 0.5) is 4.79 Å². The summed E-state index contributed by atoms with van der Waals surface area (Å²) in [6.45, 7) is 1.26. The van der Waals surface area contributed by atoms with Crippen LogP contribution in [-0.2, 0) is 11.2 Å². The molecule has 0 saturated heterocycles. The third-order valence-electron chi connectivity index (χ3n) is 3.50.